The molecule has 0 fully saturated rings. The minimum Gasteiger partial charge on any atom is -0.330 e. The van der Waals surface area contributed by atoms with Crippen LogP contribution in [0, 0.1) is 5.92 Å². The van der Waals surface area contributed by atoms with Gasteiger partial charge in [0.05, 0.1) is 0 Å². The van der Waals surface area contributed by atoms with Crippen LogP contribution in [0.5, 0.6) is 0 Å². The maximum Gasteiger partial charge on any atom is 0.195 e. The molecule has 0 aliphatic carbocycles. The van der Waals surface area contributed by atoms with Gasteiger partial charge < -0.3 is 5.73 Å². The van der Waals surface area contributed by atoms with Crippen LogP contribution in [-0.4, -0.2) is 10.3 Å². The summed E-state index contributed by atoms with van der Waals surface area (Å²) in [6, 6.07) is 0. The molecule has 0 aromatic rings. The standard InChI is InChI=1S/C6H12INO/c1-5(6(7)9)3-2-4-8/h5H,2-4,8H2,1H3/t5-/m0/s1. The Bertz CT molecular complexity index is 95.1. The number of nitrogens with two attached hydrogens (primary N) is 1. The minimum absolute atomic E-state index is 0.189. The minimum atomic E-state index is 0.189. The first-order valence-electron chi connectivity index (χ1n) is 3.08. The maximum absolute atomic E-state index is 10.6. The molecule has 0 unspecified atom stereocenters. The molecule has 0 saturated heterocycles. The van der Waals surface area contributed by atoms with Gasteiger partial charge in [-0.2, -0.15) is 0 Å². The summed E-state index contributed by atoms with van der Waals surface area (Å²) in [6.07, 6.45) is 1.88. The molecule has 3 heteroatoms. The number of hydrogen-bond donors (Lipinski definition) is 1. The van der Waals surface area contributed by atoms with Crippen LogP contribution in [0.25, 0.3) is 0 Å². The highest BCUT2D eigenvalue weighted by molar-refractivity contribution is 14.1. The maximum atomic E-state index is 10.6. The van der Waals surface area contributed by atoms with E-state index in [1.165, 1.54) is 0 Å². The van der Waals surface area contributed by atoms with Crippen LogP contribution in [-0.2, 0) is 4.79 Å². The van der Waals surface area contributed by atoms with Gasteiger partial charge in [-0.25, -0.2) is 0 Å². The van der Waals surface area contributed by atoms with Crippen molar-refractivity contribution in [2.75, 3.05) is 6.54 Å². The molecule has 0 bridgehead atoms. The summed E-state index contributed by atoms with van der Waals surface area (Å²) in [7, 11) is 0. The average Bonchev–Trinajstić information content (AvgIpc) is 1.82. The zero-order valence-corrected chi connectivity index (χ0v) is 7.72. The lowest BCUT2D eigenvalue weighted by Gasteiger charge is -2.02. The van der Waals surface area contributed by atoms with Crippen LogP contribution in [0.1, 0.15) is 19.8 Å². The highest BCUT2D eigenvalue weighted by Crippen LogP contribution is 2.09. The fraction of sp³-hybridized carbons (Fsp3) is 0.833. The first-order chi connectivity index (χ1) is 4.18. The summed E-state index contributed by atoms with van der Waals surface area (Å²) < 4.78 is 0.237. The topological polar surface area (TPSA) is 43.1 Å². The third kappa shape index (κ3) is 4.84. The Morgan fingerprint density at radius 3 is 2.67 bits per heavy atom. The molecule has 0 aliphatic rings. The first-order valence-corrected chi connectivity index (χ1v) is 4.15. The van der Waals surface area contributed by atoms with Crippen LogP contribution in [0.15, 0.2) is 0 Å². The summed E-state index contributed by atoms with van der Waals surface area (Å²) in [5, 5.41) is 0. The Hall–Kier alpha value is 0.360. The smallest absolute Gasteiger partial charge is 0.195 e. The van der Waals surface area contributed by atoms with Crippen LogP contribution in [0.2, 0.25) is 0 Å². The molecule has 1 atom stereocenters. The monoisotopic (exact) mass is 241 g/mol. The average molecular weight is 241 g/mol. The molecule has 2 N–H and O–H groups in total. The van der Waals surface area contributed by atoms with E-state index in [-0.39, 0.29) is 9.71 Å². The van der Waals surface area contributed by atoms with Crippen LogP contribution in [0.3, 0.4) is 0 Å². The molecule has 0 aromatic carbocycles. The van der Waals surface area contributed by atoms with E-state index in [9.17, 15) is 4.79 Å². The zero-order chi connectivity index (χ0) is 7.28. The Labute approximate surface area is 69.3 Å². The Morgan fingerprint density at radius 1 is 1.78 bits per heavy atom. The first kappa shape index (κ1) is 9.36. The van der Waals surface area contributed by atoms with Crippen molar-refractivity contribution in [3.63, 3.8) is 0 Å². The molecule has 0 aromatic heterocycles. The highest BCUT2D eigenvalue weighted by atomic mass is 127. The van der Waals surface area contributed by atoms with Gasteiger partial charge in [0, 0.05) is 5.92 Å². The molecule has 0 saturated carbocycles. The number of carbonyl (C=O) groups is 1. The van der Waals surface area contributed by atoms with Crippen molar-refractivity contribution in [2.24, 2.45) is 11.7 Å². The van der Waals surface area contributed by atoms with E-state index in [0.29, 0.717) is 6.54 Å². The Balaban J connectivity index is 3.27. The van der Waals surface area contributed by atoms with E-state index in [1.807, 2.05) is 29.5 Å². The largest absolute Gasteiger partial charge is 0.330 e. The second-order valence-corrected chi connectivity index (χ2v) is 3.20. The molecule has 2 nitrogen and oxygen atoms in total. The molecule has 0 aliphatic heterocycles. The van der Waals surface area contributed by atoms with Crippen molar-refractivity contribution >= 4 is 26.4 Å². The predicted octanol–water partition coefficient (Wildman–Crippen LogP) is 1.32. The van der Waals surface area contributed by atoms with Gasteiger partial charge in [0.2, 0.25) is 0 Å². The third-order valence-corrected chi connectivity index (χ3v) is 2.29. The Morgan fingerprint density at radius 2 is 2.33 bits per heavy atom. The number of rotatable bonds is 4. The van der Waals surface area contributed by atoms with Crippen molar-refractivity contribution in [2.45, 2.75) is 19.8 Å². The summed E-state index contributed by atoms with van der Waals surface area (Å²) in [5.41, 5.74) is 5.26. The Kier molecular flexibility index (Phi) is 5.38. The van der Waals surface area contributed by atoms with E-state index in [0.717, 1.165) is 12.8 Å². The van der Waals surface area contributed by atoms with Crippen molar-refractivity contribution in [3.8, 4) is 0 Å². The van der Waals surface area contributed by atoms with Gasteiger partial charge >= 0.3 is 0 Å². The summed E-state index contributed by atoms with van der Waals surface area (Å²) in [5.74, 6) is 0.189. The number of carbonyl (C=O) groups excluding carboxylic acids is 1. The summed E-state index contributed by atoms with van der Waals surface area (Å²) in [6.45, 7) is 2.62. The molecule has 54 valence electrons. The van der Waals surface area contributed by atoms with E-state index in [1.54, 1.807) is 0 Å². The molecular weight excluding hydrogens is 229 g/mol. The second-order valence-electron chi connectivity index (χ2n) is 2.14. The molecule has 0 rings (SSSR count). The summed E-state index contributed by atoms with van der Waals surface area (Å²) in [4.78, 5) is 10.6. The van der Waals surface area contributed by atoms with E-state index in [4.69, 9.17) is 5.73 Å². The van der Waals surface area contributed by atoms with Crippen LogP contribution >= 0.6 is 22.6 Å². The lowest BCUT2D eigenvalue weighted by Crippen LogP contribution is -2.06. The van der Waals surface area contributed by atoms with Crippen molar-refractivity contribution < 1.29 is 4.79 Å². The lowest BCUT2D eigenvalue weighted by atomic mass is 10.1. The predicted molar refractivity (Wildman–Crippen MR) is 46.5 cm³/mol. The van der Waals surface area contributed by atoms with Crippen LogP contribution < -0.4 is 5.73 Å². The van der Waals surface area contributed by atoms with Gasteiger partial charge in [-0.15, -0.1) is 0 Å². The van der Waals surface area contributed by atoms with Gasteiger partial charge in [-0.1, -0.05) is 6.92 Å². The molecule has 0 heterocycles. The fourth-order valence-electron chi connectivity index (χ4n) is 0.538. The van der Waals surface area contributed by atoms with Gasteiger partial charge in [0.1, 0.15) is 0 Å². The fourth-order valence-corrected chi connectivity index (χ4v) is 0.849. The third-order valence-electron chi connectivity index (χ3n) is 1.23. The van der Waals surface area contributed by atoms with Gasteiger partial charge in [-0.05, 0) is 42.0 Å². The van der Waals surface area contributed by atoms with E-state index in [2.05, 4.69) is 0 Å². The molecule has 0 amide bonds. The number of halogens is 1. The van der Waals surface area contributed by atoms with Gasteiger partial charge in [-0.3, -0.25) is 4.79 Å². The van der Waals surface area contributed by atoms with Gasteiger partial charge in [0.15, 0.2) is 3.79 Å². The SMILES string of the molecule is C[C@@H](CCCN)C(=O)I. The van der Waals surface area contributed by atoms with Crippen molar-refractivity contribution in [1.82, 2.24) is 0 Å². The molecule has 0 spiro atoms. The van der Waals surface area contributed by atoms with Crippen molar-refractivity contribution in [3.05, 3.63) is 0 Å². The molecular formula is C6H12INO. The quantitative estimate of drug-likeness (QED) is 0.595. The van der Waals surface area contributed by atoms with E-state index >= 15 is 0 Å². The van der Waals surface area contributed by atoms with E-state index < -0.39 is 0 Å². The summed E-state index contributed by atoms with van der Waals surface area (Å²) >= 11 is 1.83. The van der Waals surface area contributed by atoms with Crippen LogP contribution in [0.4, 0.5) is 0 Å². The molecule has 0 radical (unpaired) electrons. The molecule has 9 heavy (non-hydrogen) atoms. The second kappa shape index (κ2) is 5.17. The number of hydrogen-bond acceptors (Lipinski definition) is 2. The van der Waals surface area contributed by atoms with Gasteiger partial charge in [0.25, 0.3) is 0 Å². The van der Waals surface area contributed by atoms with Crippen molar-refractivity contribution in [1.29, 1.82) is 0 Å². The normalized spacial score (nSPS) is 13.2. The lowest BCUT2D eigenvalue weighted by molar-refractivity contribution is -0.112. The highest BCUT2D eigenvalue weighted by Gasteiger charge is 2.06. The zero-order valence-electron chi connectivity index (χ0n) is 5.56.